The van der Waals surface area contributed by atoms with Crippen LogP contribution in [0.15, 0.2) is 30.3 Å². The predicted octanol–water partition coefficient (Wildman–Crippen LogP) is 3.21. The van der Waals surface area contributed by atoms with Gasteiger partial charge in [0.2, 0.25) is 0 Å². The molecule has 1 rings (SSSR count). The van der Waals surface area contributed by atoms with Crippen molar-refractivity contribution < 1.29 is 19.1 Å². The number of hydrogen-bond donors (Lipinski definition) is 0. The number of carbonyl (C=O) groups excluding carboxylic acids is 2. The molecule has 5 nitrogen and oxygen atoms in total. The molecule has 0 aliphatic carbocycles. The molecule has 0 aromatic heterocycles. The molecule has 0 heterocycles. The Balaban J connectivity index is 2.64. The quantitative estimate of drug-likeness (QED) is 0.543. The maximum Gasteiger partial charge on any atom is 0.410 e. The molecule has 0 saturated carbocycles. The summed E-state index contributed by atoms with van der Waals surface area (Å²) in [7, 11) is 0. The smallest absolute Gasteiger partial charge is 0.410 e. The van der Waals surface area contributed by atoms with E-state index in [1.54, 1.807) is 13.8 Å². The largest absolute Gasteiger partial charge is 0.464 e. The van der Waals surface area contributed by atoms with Crippen LogP contribution in [0.4, 0.5) is 4.79 Å². The molecular weight excluding hydrogens is 306 g/mol. The number of ether oxygens (including phenoxy) is 2. The Bertz CT molecular complexity index is 466. The molecule has 6 heteroatoms. The van der Waals surface area contributed by atoms with Crippen molar-refractivity contribution in [1.82, 2.24) is 4.90 Å². The van der Waals surface area contributed by atoms with Crippen molar-refractivity contribution in [3.8, 4) is 0 Å². The first-order valence-electron chi connectivity index (χ1n) is 7.30. The molecule has 22 heavy (non-hydrogen) atoms. The molecule has 0 radical (unpaired) electrons. The van der Waals surface area contributed by atoms with Crippen LogP contribution in [0.25, 0.3) is 0 Å². The van der Waals surface area contributed by atoms with Crippen LogP contribution in [0.2, 0.25) is 0 Å². The highest BCUT2D eigenvalue weighted by molar-refractivity contribution is 6.17. The van der Waals surface area contributed by atoms with Gasteiger partial charge in [0.05, 0.1) is 6.61 Å². The molecule has 0 aliphatic rings. The molecule has 0 aliphatic heterocycles. The van der Waals surface area contributed by atoms with Gasteiger partial charge in [0.1, 0.15) is 12.6 Å². The highest BCUT2D eigenvalue weighted by atomic mass is 35.5. The maximum atomic E-state index is 12.2. The van der Waals surface area contributed by atoms with Crippen LogP contribution in [-0.4, -0.2) is 42.0 Å². The van der Waals surface area contributed by atoms with E-state index in [4.69, 9.17) is 21.1 Å². The van der Waals surface area contributed by atoms with Crippen molar-refractivity contribution in [3.63, 3.8) is 0 Å². The van der Waals surface area contributed by atoms with Crippen molar-refractivity contribution in [2.24, 2.45) is 0 Å². The van der Waals surface area contributed by atoms with E-state index in [0.717, 1.165) is 5.56 Å². The van der Waals surface area contributed by atoms with E-state index >= 15 is 0 Å². The molecule has 0 fully saturated rings. The van der Waals surface area contributed by atoms with Gasteiger partial charge in [-0.1, -0.05) is 30.3 Å². The lowest BCUT2D eigenvalue weighted by Gasteiger charge is -2.26. The van der Waals surface area contributed by atoms with E-state index in [1.165, 1.54) is 4.90 Å². The van der Waals surface area contributed by atoms with E-state index in [0.29, 0.717) is 18.8 Å². The average Bonchev–Trinajstić information content (AvgIpc) is 2.54. The summed E-state index contributed by atoms with van der Waals surface area (Å²) < 4.78 is 10.2. The van der Waals surface area contributed by atoms with Gasteiger partial charge in [0.15, 0.2) is 0 Å². The Morgan fingerprint density at radius 2 is 1.91 bits per heavy atom. The van der Waals surface area contributed by atoms with Crippen LogP contribution in [0.1, 0.15) is 25.8 Å². The minimum atomic E-state index is -0.702. The fourth-order valence-corrected chi connectivity index (χ4v) is 1.98. The SMILES string of the molecule is CCOC(=O)[C@H](C)N(CCCCl)C(=O)OCc1ccccc1. The topological polar surface area (TPSA) is 55.8 Å². The zero-order valence-corrected chi connectivity index (χ0v) is 13.7. The van der Waals surface area contributed by atoms with E-state index < -0.39 is 18.1 Å². The van der Waals surface area contributed by atoms with Gasteiger partial charge in [-0.25, -0.2) is 9.59 Å². The maximum absolute atomic E-state index is 12.2. The lowest BCUT2D eigenvalue weighted by Crippen LogP contribution is -2.45. The second kappa shape index (κ2) is 10.1. The summed E-state index contributed by atoms with van der Waals surface area (Å²) in [6, 6.07) is 8.66. The molecular formula is C16H22ClNO4. The Hall–Kier alpha value is -1.75. The number of carbonyl (C=O) groups is 2. The summed E-state index contributed by atoms with van der Waals surface area (Å²) in [5.41, 5.74) is 0.886. The van der Waals surface area contributed by atoms with Crippen LogP contribution in [0, 0.1) is 0 Å². The Kier molecular flexibility index (Phi) is 8.36. The van der Waals surface area contributed by atoms with Crippen LogP contribution in [0.3, 0.4) is 0 Å². The monoisotopic (exact) mass is 327 g/mol. The fourth-order valence-electron chi connectivity index (χ4n) is 1.87. The normalized spacial score (nSPS) is 11.6. The molecule has 1 amide bonds. The average molecular weight is 328 g/mol. The zero-order chi connectivity index (χ0) is 16.4. The number of amides is 1. The molecule has 0 bridgehead atoms. The number of halogens is 1. The van der Waals surface area contributed by atoms with Gasteiger partial charge in [-0.2, -0.15) is 0 Å². The predicted molar refractivity (Wildman–Crippen MR) is 84.8 cm³/mol. The third-order valence-corrected chi connectivity index (χ3v) is 3.33. The highest BCUT2D eigenvalue weighted by Crippen LogP contribution is 2.09. The van der Waals surface area contributed by atoms with Crippen LogP contribution >= 0.6 is 11.6 Å². The van der Waals surface area contributed by atoms with Gasteiger partial charge >= 0.3 is 12.1 Å². The first-order valence-corrected chi connectivity index (χ1v) is 7.83. The van der Waals surface area contributed by atoms with Gasteiger partial charge in [-0.05, 0) is 25.8 Å². The molecule has 1 aromatic rings. The zero-order valence-electron chi connectivity index (χ0n) is 13.0. The first-order chi connectivity index (χ1) is 10.6. The fraction of sp³-hybridized carbons (Fsp3) is 0.500. The number of hydrogen-bond acceptors (Lipinski definition) is 4. The van der Waals surface area contributed by atoms with E-state index in [-0.39, 0.29) is 13.2 Å². The molecule has 0 saturated heterocycles. The molecule has 1 atom stereocenters. The molecule has 0 N–H and O–H groups in total. The van der Waals surface area contributed by atoms with Crippen molar-refractivity contribution in [1.29, 1.82) is 0 Å². The Morgan fingerprint density at radius 1 is 1.23 bits per heavy atom. The lowest BCUT2D eigenvalue weighted by molar-refractivity contribution is -0.148. The number of alkyl halides is 1. The molecule has 0 spiro atoms. The third-order valence-electron chi connectivity index (χ3n) is 3.07. The van der Waals surface area contributed by atoms with Gasteiger partial charge in [-0.15, -0.1) is 11.6 Å². The van der Waals surface area contributed by atoms with Gasteiger partial charge < -0.3 is 9.47 Å². The van der Waals surface area contributed by atoms with Gasteiger partial charge in [0.25, 0.3) is 0 Å². The molecule has 1 aromatic carbocycles. The van der Waals surface area contributed by atoms with Crippen molar-refractivity contribution in [2.75, 3.05) is 19.0 Å². The second-order valence-electron chi connectivity index (χ2n) is 4.70. The van der Waals surface area contributed by atoms with E-state index in [1.807, 2.05) is 30.3 Å². The summed E-state index contributed by atoms with van der Waals surface area (Å²) >= 11 is 5.67. The number of esters is 1. The van der Waals surface area contributed by atoms with Crippen LogP contribution in [-0.2, 0) is 20.9 Å². The molecule has 122 valence electrons. The minimum Gasteiger partial charge on any atom is -0.464 e. The van der Waals surface area contributed by atoms with Crippen molar-refractivity contribution in [2.45, 2.75) is 32.9 Å². The molecule has 0 unspecified atom stereocenters. The summed E-state index contributed by atoms with van der Waals surface area (Å²) in [6.45, 7) is 4.12. The summed E-state index contributed by atoms with van der Waals surface area (Å²) in [6.07, 6.45) is 0.0284. The summed E-state index contributed by atoms with van der Waals surface area (Å²) in [4.78, 5) is 25.4. The second-order valence-corrected chi connectivity index (χ2v) is 5.08. The van der Waals surface area contributed by atoms with Gasteiger partial charge in [0, 0.05) is 12.4 Å². The Labute approximate surface area is 136 Å². The summed E-state index contributed by atoms with van der Waals surface area (Å²) in [5, 5.41) is 0. The van der Waals surface area contributed by atoms with Crippen LogP contribution < -0.4 is 0 Å². The van der Waals surface area contributed by atoms with E-state index in [2.05, 4.69) is 0 Å². The van der Waals surface area contributed by atoms with Crippen molar-refractivity contribution in [3.05, 3.63) is 35.9 Å². The van der Waals surface area contributed by atoms with E-state index in [9.17, 15) is 9.59 Å². The lowest BCUT2D eigenvalue weighted by atomic mass is 10.2. The van der Waals surface area contributed by atoms with Crippen LogP contribution in [0.5, 0.6) is 0 Å². The number of rotatable bonds is 8. The van der Waals surface area contributed by atoms with Gasteiger partial charge in [-0.3, -0.25) is 4.90 Å². The number of benzene rings is 1. The number of nitrogens with zero attached hydrogens (tertiary/aromatic N) is 1. The van der Waals surface area contributed by atoms with Crippen molar-refractivity contribution >= 4 is 23.7 Å². The highest BCUT2D eigenvalue weighted by Gasteiger charge is 2.27. The first kappa shape index (κ1) is 18.3. The third kappa shape index (κ3) is 5.93. The standard InChI is InChI=1S/C16H22ClNO4/c1-3-21-15(19)13(2)18(11-7-10-17)16(20)22-12-14-8-5-4-6-9-14/h4-6,8-9,13H,3,7,10-12H2,1-2H3/t13-/m0/s1. The summed E-state index contributed by atoms with van der Waals surface area (Å²) in [5.74, 6) is -0.0494. The minimum absolute atomic E-state index is 0.159. The Morgan fingerprint density at radius 3 is 2.50 bits per heavy atom.